The summed E-state index contributed by atoms with van der Waals surface area (Å²) in [6.07, 6.45) is 3.50. The van der Waals surface area contributed by atoms with Gasteiger partial charge in [0.25, 0.3) is 0 Å². The molecule has 1 nitrogen and oxygen atoms in total. The largest absolute Gasteiger partial charge is 0.197 e. The molecule has 1 aliphatic carbocycles. The van der Waals surface area contributed by atoms with E-state index >= 15 is 0 Å². The number of nitrogens with zero attached hydrogens (tertiary/aromatic N) is 1. The highest BCUT2D eigenvalue weighted by atomic mass is 14.5. The minimum absolute atomic E-state index is 0.405. The van der Waals surface area contributed by atoms with Crippen LogP contribution in [0.3, 0.4) is 0 Å². The molecule has 0 heterocycles. The zero-order chi connectivity index (χ0) is 14.7. The Kier molecular flexibility index (Phi) is 3.80. The van der Waals surface area contributed by atoms with Crippen molar-refractivity contribution >= 4 is 0 Å². The van der Waals surface area contributed by atoms with Crippen molar-refractivity contribution < 1.29 is 0 Å². The molecule has 1 heteroatoms. The van der Waals surface area contributed by atoms with E-state index in [1.807, 2.05) is 36.4 Å². The van der Waals surface area contributed by atoms with E-state index < -0.39 is 5.41 Å². The van der Waals surface area contributed by atoms with Crippen LogP contribution in [0.2, 0.25) is 0 Å². The van der Waals surface area contributed by atoms with E-state index in [-0.39, 0.29) is 0 Å². The van der Waals surface area contributed by atoms with Crippen LogP contribution in [0.15, 0.2) is 60.7 Å². The summed E-state index contributed by atoms with van der Waals surface area (Å²) in [6, 6.07) is 23.4. The molecule has 0 spiro atoms. The van der Waals surface area contributed by atoms with Crippen LogP contribution in [0.1, 0.15) is 37.3 Å². The maximum atomic E-state index is 10.2. The molecule has 0 aliphatic heterocycles. The van der Waals surface area contributed by atoms with E-state index in [1.54, 1.807) is 0 Å². The lowest BCUT2D eigenvalue weighted by atomic mass is 9.66. The van der Waals surface area contributed by atoms with Crippen LogP contribution in [0.4, 0.5) is 0 Å². The SMILES string of the molecule is CC1CCC(C(C#N)(c2ccccc2)c2ccccc2)C1. The van der Waals surface area contributed by atoms with Crippen molar-refractivity contribution in [3.63, 3.8) is 0 Å². The van der Waals surface area contributed by atoms with Gasteiger partial charge in [0.15, 0.2) is 0 Å². The van der Waals surface area contributed by atoms with E-state index in [4.69, 9.17) is 0 Å². The highest BCUT2D eigenvalue weighted by Gasteiger charge is 2.44. The smallest absolute Gasteiger partial charge is 0.110 e. The zero-order valence-electron chi connectivity index (χ0n) is 12.5. The Morgan fingerprint density at radius 2 is 1.43 bits per heavy atom. The molecule has 0 N–H and O–H groups in total. The van der Waals surface area contributed by atoms with E-state index in [1.165, 1.54) is 6.42 Å². The lowest BCUT2D eigenvalue weighted by Crippen LogP contribution is -2.34. The first-order valence-electron chi connectivity index (χ1n) is 7.79. The summed E-state index contributed by atoms with van der Waals surface area (Å²) in [7, 11) is 0. The standard InChI is InChI=1S/C20H21N/c1-16-12-13-19(14-16)20(15-21,17-8-4-2-5-9-17)18-10-6-3-7-11-18/h2-11,16,19H,12-14H2,1H3. The van der Waals surface area contributed by atoms with Crippen LogP contribution in [0.25, 0.3) is 0 Å². The number of hydrogen-bond acceptors (Lipinski definition) is 1. The van der Waals surface area contributed by atoms with E-state index in [2.05, 4.69) is 37.3 Å². The van der Waals surface area contributed by atoms with Gasteiger partial charge in [-0.05, 0) is 35.8 Å². The number of hydrogen-bond donors (Lipinski definition) is 0. The molecule has 0 saturated heterocycles. The lowest BCUT2D eigenvalue weighted by molar-refractivity contribution is 0.389. The highest BCUT2D eigenvalue weighted by molar-refractivity contribution is 5.47. The molecular weight excluding hydrogens is 254 g/mol. The first kappa shape index (κ1) is 13.9. The van der Waals surface area contributed by atoms with E-state index in [9.17, 15) is 5.26 Å². The molecule has 0 aromatic heterocycles. The predicted octanol–water partition coefficient (Wildman–Crippen LogP) is 4.93. The fourth-order valence-corrected chi connectivity index (χ4v) is 3.86. The lowest BCUT2D eigenvalue weighted by Gasteiger charge is -2.34. The minimum atomic E-state index is -0.507. The van der Waals surface area contributed by atoms with Crippen LogP contribution in [-0.4, -0.2) is 0 Å². The van der Waals surface area contributed by atoms with Gasteiger partial charge in [-0.1, -0.05) is 74.0 Å². The molecule has 2 aromatic rings. The van der Waals surface area contributed by atoms with Crippen molar-refractivity contribution in [3.05, 3.63) is 71.8 Å². The van der Waals surface area contributed by atoms with Gasteiger partial charge in [0, 0.05) is 0 Å². The van der Waals surface area contributed by atoms with Gasteiger partial charge in [-0.15, -0.1) is 0 Å². The Hall–Kier alpha value is -2.07. The molecule has 2 atom stereocenters. The minimum Gasteiger partial charge on any atom is -0.197 e. The molecule has 3 rings (SSSR count). The van der Waals surface area contributed by atoms with Crippen molar-refractivity contribution in [2.75, 3.05) is 0 Å². The monoisotopic (exact) mass is 275 g/mol. The second-order valence-electron chi connectivity index (χ2n) is 6.27. The number of nitriles is 1. The van der Waals surface area contributed by atoms with E-state index in [0.29, 0.717) is 5.92 Å². The third kappa shape index (κ3) is 2.36. The van der Waals surface area contributed by atoms with Crippen molar-refractivity contribution in [2.45, 2.75) is 31.6 Å². The van der Waals surface area contributed by atoms with Crippen LogP contribution >= 0.6 is 0 Å². The molecule has 106 valence electrons. The molecule has 21 heavy (non-hydrogen) atoms. The molecule has 0 bridgehead atoms. The molecule has 1 fully saturated rings. The fraction of sp³-hybridized carbons (Fsp3) is 0.350. The first-order chi connectivity index (χ1) is 10.3. The van der Waals surface area contributed by atoms with Crippen molar-refractivity contribution in [1.29, 1.82) is 5.26 Å². The summed E-state index contributed by atoms with van der Waals surface area (Å²) >= 11 is 0. The second-order valence-corrected chi connectivity index (χ2v) is 6.27. The van der Waals surface area contributed by atoms with Gasteiger partial charge in [0.2, 0.25) is 0 Å². The highest BCUT2D eigenvalue weighted by Crippen LogP contribution is 2.48. The average molecular weight is 275 g/mol. The van der Waals surface area contributed by atoms with Crippen LogP contribution in [-0.2, 0) is 5.41 Å². The van der Waals surface area contributed by atoms with Gasteiger partial charge in [0.05, 0.1) is 6.07 Å². The van der Waals surface area contributed by atoms with Crippen molar-refractivity contribution in [2.24, 2.45) is 11.8 Å². The third-order valence-electron chi connectivity index (χ3n) is 4.94. The van der Waals surface area contributed by atoms with Crippen molar-refractivity contribution in [3.8, 4) is 6.07 Å². The number of rotatable bonds is 3. The Labute approximate surface area is 127 Å². The quantitative estimate of drug-likeness (QED) is 0.779. The number of benzene rings is 2. The predicted molar refractivity (Wildman–Crippen MR) is 85.8 cm³/mol. The Morgan fingerprint density at radius 1 is 0.905 bits per heavy atom. The van der Waals surface area contributed by atoms with Gasteiger partial charge < -0.3 is 0 Å². The zero-order valence-corrected chi connectivity index (χ0v) is 12.5. The van der Waals surface area contributed by atoms with Crippen molar-refractivity contribution in [1.82, 2.24) is 0 Å². The summed E-state index contributed by atoms with van der Waals surface area (Å²) in [6.45, 7) is 2.30. The molecular formula is C20H21N. The van der Waals surface area contributed by atoms with Gasteiger partial charge in [-0.25, -0.2) is 0 Å². The fourth-order valence-electron chi connectivity index (χ4n) is 3.86. The molecule has 2 aromatic carbocycles. The van der Waals surface area contributed by atoms with Crippen LogP contribution < -0.4 is 0 Å². The van der Waals surface area contributed by atoms with Gasteiger partial charge >= 0.3 is 0 Å². The summed E-state index contributed by atoms with van der Waals surface area (Å²) in [5.74, 6) is 1.12. The summed E-state index contributed by atoms with van der Waals surface area (Å²) in [4.78, 5) is 0. The van der Waals surface area contributed by atoms with Gasteiger partial charge in [-0.3, -0.25) is 0 Å². The molecule has 2 unspecified atom stereocenters. The normalized spacial score (nSPS) is 21.9. The van der Waals surface area contributed by atoms with Crippen LogP contribution in [0.5, 0.6) is 0 Å². The van der Waals surface area contributed by atoms with E-state index in [0.717, 1.165) is 29.9 Å². The Bertz CT molecular complexity index is 584. The molecule has 1 saturated carbocycles. The summed E-state index contributed by atoms with van der Waals surface area (Å²) in [5, 5.41) is 10.2. The third-order valence-corrected chi connectivity index (χ3v) is 4.94. The van der Waals surface area contributed by atoms with Crippen LogP contribution in [0, 0.1) is 23.2 Å². The molecule has 1 aliphatic rings. The second kappa shape index (κ2) is 5.74. The topological polar surface area (TPSA) is 23.8 Å². The van der Waals surface area contributed by atoms with Gasteiger partial charge in [0.1, 0.15) is 5.41 Å². The van der Waals surface area contributed by atoms with Gasteiger partial charge in [-0.2, -0.15) is 5.26 Å². The maximum absolute atomic E-state index is 10.2. The Balaban J connectivity index is 2.17. The maximum Gasteiger partial charge on any atom is 0.110 e. The Morgan fingerprint density at radius 3 is 1.81 bits per heavy atom. The summed E-state index contributed by atoms with van der Waals surface area (Å²) < 4.78 is 0. The average Bonchev–Trinajstić information content (AvgIpc) is 2.98. The summed E-state index contributed by atoms with van der Waals surface area (Å²) in [5.41, 5.74) is 1.77. The molecule has 0 amide bonds. The first-order valence-corrected chi connectivity index (χ1v) is 7.79. The molecule has 0 radical (unpaired) electrons.